The normalized spacial score (nSPS) is 30.8. The van der Waals surface area contributed by atoms with Crippen molar-refractivity contribution in [1.82, 2.24) is 21.2 Å². The summed E-state index contributed by atoms with van der Waals surface area (Å²) >= 11 is 0. The van der Waals surface area contributed by atoms with Crippen molar-refractivity contribution in [2.45, 2.75) is 37.8 Å². The van der Waals surface area contributed by atoms with E-state index in [1.165, 1.54) is 0 Å². The molecule has 7 heteroatoms. The lowest BCUT2D eigenvalue weighted by Crippen LogP contribution is -2.43. The Bertz CT molecular complexity index is 558. The SMILES string of the molecule is O=C(O)C1CCC(NC(=O)C2CNNC2c2ccncc2)CC1. The van der Waals surface area contributed by atoms with Crippen molar-refractivity contribution in [1.29, 1.82) is 0 Å². The van der Waals surface area contributed by atoms with E-state index >= 15 is 0 Å². The third kappa shape index (κ3) is 3.68. The van der Waals surface area contributed by atoms with Crippen LogP contribution in [-0.4, -0.2) is 34.6 Å². The van der Waals surface area contributed by atoms with Crippen LogP contribution in [0.1, 0.15) is 37.3 Å². The molecular formula is C16H22N4O3. The maximum Gasteiger partial charge on any atom is 0.306 e. The summed E-state index contributed by atoms with van der Waals surface area (Å²) in [5.74, 6) is -1.16. The number of carbonyl (C=O) groups excluding carboxylic acids is 1. The Hall–Kier alpha value is -1.99. The Labute approximate surface area is 134 Å². The number of carboxylic acids is 1. The Kier molecular flexibility index (Phi) is 4.88. The third-order valence-electron chi connectivity index (χ3n) is 4.81. The van der Waals surface area contributed by atoms with Crippen LogP contribution >= 0.6 is 0 Å². The third-order valence-corrected chi connectivity index (χ3v) is 4.81. The second-order valence-corrected chi connectivity index (χ2v) is 6.29. The van der Waals surface area contributed by atoms with Crippen molar-refractivity contribution >= 4 is 11.9 Å². The van der Waals surface area contributed by atoms with Crippen LogP contribution in [0.25, 0.3) is 0 Å². The zero-order valence-electron chi connectivity index (χ0n) is 12.9. The predicted octanol–water partition coefficient (Wildman–Crippen LogP) is 0.606. The number of carboxylic acid groups (broad SMARTS) is 1. The molecular weight excluding hydrogens is 296 g/mol. The highest BCUT2D eigenvalue weighted by atomic mass is 16.4. The van der Waals surface area contributed by atoms with E-state index in [2.05, 4.69) is 21.2 Å². The molecule has 1 aromatic heterocycles. The van der Waals surface area contributed by atoms with E-state index in [-0.39, 0.29) is 29.8 Å². The maximum atomic E-state index is 12.6. The van der Waals surface area contributed by atoms with Gasteiger partial charge in [-0.05, 0) is 43.4 Å². The summed E-state index contributed by atoms with van der Waals surface area (Å²) in [5.41, 5.74) is 7.23. The van der Waals surface area contributed by atoms with Gasteiger partial charge in [0, 0.05) is 25.0 Å². The average Bonchev–Trinajstić information content (AvgIpc) is 3.06. The number of hydrazine groups is 1. The van der Waals surface area contributed by atoms with Gasteiger partial charge in [-0.2, -0.15) is 0 Å². The summed E-state index contributed by atoms with van der Waals surface area (Å²) in [5, 5.41) is 12.1. The van der Waals surface area contributed by atoms with E-state index < -0.39 is 5.97 Å². The molecule has 1 saturated carbocycles. The van der Waals surface area contributed by atoms with Crippen LogP contribution in [0.5, 0.6) is 0 Å². The van der Waals surface area contributed by atoms with E-state index in [0.717, 1.165) is 18.4 Å². The van der Waals surface area contributed by atoms with Gasteiger partial charge >= 0.3 is 5.97 Å². The highest BCUT2D eigenvalue weighted by molar-refractivity contribution is 5.80. The zero-order chi connectivity index (χ0) is 16.2. The van der Waals surface area contributed by atoms with Crippen molar-refractivity contribution in [3.8, 4) is 0 Å². The molecule has 2 fully saturated rings. The average molecular weight is 318 g/mol. The maximum absolute atomic E-state index is 12.6. The number of hydrogen-bond donors (Lipinski definition) is 4. The van der Waals surface area contributed by atoms with E-state index in [0.29, 0.717) is 19.4 Å². The van der Waals surface area contributed by atoms with Crippen LogP contribution in [0.2, 0.25) is 0 Å². The van der Waals surface area contributed by atoms with Gasteiger partial charge < -0.3 is 10.4 Å². The lowest BCUT2D eigenvalue weighted by molar-refractivity contribution is -0.142. The minimum atomic E-state index is -0.725. The summed E-state index contributed by atoms with van der Waals surface area (Å²) in [6.45, 7) is 0.573. The molecule has 3 rings (SSSR count). The molecule has 7 nitrogen and oxygen atoms in total. The molecule has 1 aliphatic heterocycles. The second kappa shape index (κ2) is 7.06. The van der Waals surface area contributed by atoms with Gasteiger partial charge in [0.05, 0.1) is 17.9 Å². The molecule has 0 aromatic carbocycles. The van der Waals surface area contributed by atoms with Gasteiger partial charge in [0.15, 0.2) is 0 Å². The Balaban J connectivity index is 1.57. The molecule has 1 amide bonds. The number of hydrogen-bond acceptors (Lipinski definition) is 5. The first-order valence-electron chi connectivity index (χ1n) is 8.06. The molecule has 0 radical (unpaired) electrons. The number of amides is 1. The van der Waals surface area contributed by atoms with Gasteiger partial charge in [0.2, 0.25) is 5.91 Å². The van der Waals surface area contributed by atoms with Gasteiger partial charge in [-0.3, -0.25) is 20.0 Å². The number of carbonyl (C=O) groups is 2. The summed E-state index contributed by atoms with van der Waals surface area (Å²) < 4.78 is 0. The Morgan fingerprint density at radius 3 is 2.52 bits per heavy atom. The fourth-order valence-electron chi connectivity index (χ4n) is 3.42. The molecule has 2 atom stereocenters. The minimum Gasteiger partial charge on any atom is -0.481 e. The van der Waals surface area contributed by atoms with Crippen LogP contribution in [0.3, 0.4) is 0 Å². The summed E-state index contributed by atoms with van der Waals surface area (Å²) in [7, 11) is 0. The van der Waals surface area contributed by atoms with Crippen molar-refractivity contribution in [3.63, 3.8) is 0 Å². The number of pyridine rings is 1. The molecule has 1 aromatic rings. The van der Waals surface area contributed by atoms with Crippen molar-refractivity contribution < 1.29 is 14.7 Å². The first kappa shape index (κ1) is 15.9. The van der Waals surface area contributed by atoms with E-state index in [1.54, 1.807) is 12.4 Å². The van der Waals surface area contributed by atoms with Crippen LogP contribution < -0.4 is 16.2 Å². The second-order valence-electron chi connectivity index (χ2n) is 6.29. The van der Waals surface area contributed by atoms with Gasteiger partial charge in [-0.1, -0.05) is 0 Å². The van der Waals surface area contributed by atoms with Gasteiger partial charge in [-0.15, -0.1) is 0 Å². The molecule has 2 aliphatic rings. The van der Waals surface area contributed by atoms with Crippen molar-refractivity contribution in [2.75, 3.05) is 6.54 Å². The highest BCUT2D eigenvalue weighted by Crippen LogP contribution is 2.27. The van der Waals surface area contributed by atoms with E-state index in [4.69, 9.17) is 5.11 Å². The number of aliphatic carboxylic acids is 1. The fraction of sp³-hybridized carbons (Fsp3) is 0.562. The van der Waals surface area contributed by atoms with Crippen molar-refractivity contribution in [3.05, 3.63) is 30.1 Å². The lowest BCUT2D eigenvalue weighted by Gasteiger charge is -2.28. The topological polar surface area (TPSA) is 103 Å². The first-order chi connectivity index (χ1) is 11.1. The van der Waals surface area contributed by atoms with Gasteiger partial charge in [-0.25, -0.2) is 5.43 Å². The van der Waals surface area contributed by atoms with E-state index in [1.807, 2.05) is 12.1 Å². The first-order valence-corrected chi connectivity index (χ1v) is 8.06. The summed E-state index contributed by atoms with van der Waals surface area (Å²) in [6, 6.07) is 3.82. The fourth-order valence-corrected chi connectivity index (χ4v) is 3.42. The van der Waals surface area contributed by atoms with Gasteiger partial charge in [0.1, 0.15) is 0 Å². The monoisotopic (exact) mass is 318 g/mol. The number of aromatic nitrogens is 1. The number of nitrogens with one attached hydrogen (secondary N) is 3. The highest BCUT2D eigenvalue weighted by Gasteiger charge is 2.35. The minimum absolute atomic E-state index is 0.0167. The summed E-state index contributed by atoms with van der Waals surface area (Å²) in [4.78, 5) is 27.6. The largest absolute Gasteiger partial charge is 0.481 e. The molecule has 1 saturated heterocycles. The van der Waals surface area contributed by atoms with Crippen LogP contribution in [0.4, 0.5) is 0 Å². The van der Waals surface area contributed by atoms with Crippen LogP contribution in [-0.2, 0) is 9.59 Å². The molecule has 0 bridgehead atoms. The molecule has 2 unspecified atom stereocenters. The summed E-state index contributed by atoms with van der Waals surface area (Å²) in [6.07, 6.45) is 6.17. The molecule has 4 N–H and O–H groups in total. The number of rotatable bonds is 4. The van der Waals surface area contributed by atoms with Gasteiger partial charge in [0.25, 0.3) is 0 Å². The molecule has 0 spiro atoms. The molecule has 2 heterocycles. The molecule has 1 aliphatic carbocycles. The van der Waals surface area contributed by atoms with E-state index in [9.17, 15) is 9.59 Å². The van der Waals surface area contributed by atoms with Crippen molar-refractivity contribution in [2.24, 2.45) is 11.8 Å². The zero-order valence-corrected chi connectivity index (χ0v) is 12.9. The molecule has 23 heavy (non-hydrogen) atoms. The van der Waals surface area contributed by atoms with Crippen LogP contribution in [0.15, 0.2) is 24.5 Å². The predicted molar refractivity (Wildman–Crippen MR) is 83.1 cm³/mol. The quantitative estimate of drug-likeness (QED) is 0.648. The van der Waals surface area contributed by atoms with Crippen LogP contribution in [0, 0.1) is 11.8 Å². The smallest absolute Gasteiger partial charge is 0.306 e. The lowest BCUT2D eigenvalue weighted by atomic mass is 9.85. The molecule has 124 valence electrons. The standard InChI is InChI=1S/C16H22N4O3/c21-15(19-12-3-1-11(2-4-12)16(22)23)13-9-18-20-14(13)10-5-7-17-8-6-10/h5-8,11-14,18,20H,1-4,9H2,(H,19,21)(H,22,23). The Morgan fingerprint density at radius 1 is 1.17 bits per heavy atom. The number of nitrogens with zero attached hydrogens (tertiary/aromatic N) is 1. The Morgan fingerprint density at radius 2 is 1.87 bits per heavy atom.